The summed E-state index contributed by atoms with van der Waals surface area (Å²) in [5.74, 6) is -1.58. The maximum Gasteiger partial charge on any atom is 2.00 e. The topological polar surface area (TPSA) is 219 Å². The van der Waals surface area contributed by atoms with E-state index in [0.717, 1.165) is 142 Å². The molecule has 0 amide bonds. The number of aromatic amines is 3. The minimum Gasteiger partial charge on any atom is -0.657 e. The summed E-state index contributed by atoms with van der Waals surface area (Å²) >= 11 is 0. The van der Waals surface area contributed by atoms with E-state index in [0.29, 0.717) is 0 Å². The molecule has 11 heterocycles. The Kier molecular flexibility index (Phi) is 19.7. The number of aliphatic carboxylic acids is 2. The molecule has 0 atom stereocenters. The molecule has 0 unspecified atom stereocenters. The van der Waals surface area contributed by atoms with Gasteiger partial charge in [-0.15, -0.1) is 22.1 Å². The van der Waals surface area contributed by atoms with E-state index in [1.54, 1.807) is 6.92 Å². The second kappa shape index (κ2) is 25.8. The number of carbonyl (C=O) groups is 3. The van der Waals surface area contributed by atoms with Gasteiger partial charge in [0.05, 0.1) is 45.6 Å². The van der Waals surface area contributed by atoms with Gasteiger partial charge < -0.3 is 39.9 Å². The van der Waals surface area contributed by atoms with Gasteiger partial charge in [-0.05, 0) is 186 Å². The average molecular weight is 1030 g/mol. The van der Waals surface area contributed by atoms with Crippen molar-refractivity contribution in [1.82, 2.24) is 44.9 Å². The molecule has 7 aromatic heterocycles. The van der Waals surface area contributed by atoms with Gasteiger partial charge in [0.1, 0.15) is 6.29 Å². The van der Waals surface area contributed by atoms with Gasteiger partial charge in [-0.3, -0.25) is 9.59 Å². The molecule has 0 aromatic carbocycles. The Labute approximate surface area is 441 Å². The van der Waals surface area contributed by atoms with Crippen LogP contribution in [0, 0.1) is 55.4 Å². The fourth-order valence-electron chi connectivity index (χ4n) is 7.70. The SMILES string of the molecule is CC(=O)O.CC=O.CCC(=O)O.Cc1c2nc(c(C)c3ccc([n-]3)c(C)c3nc(c(C)c4ccc1[n-]4)C=C3)C=C2.Cc1c2nc(c(C)c3ccc([nH]3)c(C)c3ccc([nH]3)c(C)c3nc1C=C3)C=C2.[Mn+2].c1cc[nH]c1. The maximum absolute atomic E-state index is 9.37. The Hall–Kier alpha value is -8.39. The van der Waals surface area contributed by atoms with E-state index >= 15 is 0 Å². The fraction of sp³-hybridized carbons (Fsp3) is 0.203. The van der Waals surface area contributed by atoms with Crippen molar-refractivity contribution in [3.63, 3.8) is 0 Å². The molecule has 14 nitrogen and oxygen atoms in total. The molecule has 0 fully saturated rings. The summed E-state index contributed by atoms with van der Waals surface area (Å²) in [6.07, 6.45) is 21.3. The molecule has 1 radical (unpaired) electrons. The first-order valence-electron chi connectivity index (χ1n) is 23.8. The van der Waals surface area contributed by atoms with Gasteiger partial charge in [-0.1, -0.05) is 31.2 Å². The van der Waals surface area contributed by atoms with Gasteiger partial charge in [0.25, 0.3) is 5.97 Å². The first-order chi connectivity index (χ1) is 34.9. The number of carboxylic acids is 2. The number of nitrogens with one attached hydrogen (secondary N) is 3. The predicted octanol–water partition coefficient (Wildman–Crippen LogP) is 12.8. The van der Waals surface area contributed by atoms with Crippen LogP contribution in [0.1, 0.15) is 117 Å². The molecule has 11 rings (SSSR count). The number of carboxylic acid groups (broad SMARTS) is 2. The second-order valence-corrected chi connectivity index (χ2v) is 17.3. The summed E-state index contributed by atoms with van der Waals surface area (Å²) in [4.78, 5) is 66.2. The third-order valence-electron chi connectivity index (χ3n) is 12.2. The van der Waals surface area contributed by atoms with E-state index in [9.17, 15) is 4.79 Å². The quantitative estimate of drug-likeness (QED) is 0.0769. The summed E-state index contributed by atoms with van der Waals surface area (Å²) in [5, 5.41) is 15.1. The van der Waals surface area contributed by atoms with Crippen molar-refractivity contribution in [3.8, 4) is 0 Å². The number of aryl methyl sites for hydroxylation is 7. The van der Waals surface area contributed by atoms with Crippen molar-refractivity contribution in [1.29, 1.82) is 0 Å². The van der Waals surface area contributed by atoms with Crippen molar-refractivity contribution in [3.05, 3.63) is 163 Å². The van der Waals surface area contributed by atoms with Crippen molar-refractivity contribution in [2.24, 2.45) is 0 Å². The van der Waals surface area contributed by atoms with Crippen LogP contribution >= 0.6 is 0 Å². The normalized spacial score (nSPS) is 11.2. The van der Waals surface area contributed by atoms with E-state index in [-0.39, 0.29) is 23.5 Å². The number of carbonyl (C=O) groups excluding carboxylic acids is 1. The monoisotopic (exact) mass is 1030 g/mol. The number of nitrogens with zero attached hydrogens (tertiary/aromatic N) is 6. The molecule has 0 saturated carbocycles. The maximum atomic E-state index is 9.37. The molecule has 0 aliphatic carbocycles. The van der Waals surface area contributed by atoms with Gasteiger partial charge in [-0.25, -0.2) is 19.9 Å². The van der Waals surface area contributed by atoms with Crippen LogP contribution in [0.4, 0.5) is 0 Å². The largest absolute Gasteiger partial charge is 2.00 e. The van der Waals surface area contributed by atoms with Crippen molar-refractivity contribution in [2.75, 3.05) is 0 Å². The molecule has 5 N–H and O–H groups in total. The van der Waals surface area contributed by atoms with Gasteiger partial charge in [0.15, 0.2) is 0 Å². The predicted molar refractivity (Wildman–Crippen MR) is 297 cm³/mol. The van der Waals surface area contributed by atoms with Crippen LogP contribution in [-0.2, 0) is 31.5 Å². The molecule has 7 aromatic rings. The number of aldehydes is 1. The molecular weight excluding hydrogens is 970 g/mol. The van der Waals surface area contributed by atoms with Gasteiger partial charge in [0, 0.05) is 53.4 Å². The Morgan fingerprint density at radius 2 is 0.703 bits per heavy atom. The van der Waals surface area contributed by atoms with Gasteiger partial charge >= 0.3 is 23.0 Å². The molecule has 4 aliphatic heterocycles. The van der Waals surface area contributed by atoms with Gasteiger partial charge in [0.2, 0.25) is 0 Å². The second-order valence-electron chi connectivity index (χ2n) is 17.3. The van der Waals surface area contributed by atoms with E-state index < -0.39 is 11.9 Å². The third kappa shape index (κ3) is 13.8. The Morgan fingerprint density at radius 3 is 0.932 bits per heavy atom. The first kappa shape index (κ1) is 56.5. The molecule has 15 heteroatoms. The molecule has 16 bridgehead atoms. The minimum atomic E-state index is -0.833. The minimum absolute atomic E-state index is 0. The van der Waals surface area contributed by atoms with E-state index in [1.807, 2.05) is 24.5 Å². The van der Waals surface area contributed by atoms with Crippen LogP contribution in [0.25, 0.3) is 92.7 Å². The molecule has 0 spiro atoms. The summed E-state index contributed by atoms with van der Waals surface area (Å²) < 4.78 is 0. The van der Waals surface area contributed by atoms with Crippen LogP contribution in [-0.4, -0.2) is 63.3 Å². The van der Waals surface area contributed by atoms with Crippen LogP contribution < -0.4 is 9.97 Å². The third-order valence-corrected chi connectivity index (χ3v) is 12.2. The number of fused-ring (bicyclic) bond motifs is 16. The molecule has 0 saturated heterocycles. The van der Waals surface area contributed by atoms with Gasteiger partial charge in [-0.2, -0.15) is 0 Å². The fourth-order valence-corrected chi connectivity index (χ4v) is 7.70. The zero-order chi connectivity index (χ0) is 52.9. The van der Waals surface area contributed by atoms with Crippen LogP contribution in [0.3, 0.4) is 0 Å². The van der Waals surface area contributed by atoms with E-state index in [2.05, 4.69) is 167 Å². The summed E-state index contributed by atoms with van der Waals surface area (Å²) in [5.41, 5.74) is 24.8. The average Bonchev–Trinajstić information content (AvgIpc) is 4.25. The molecule has 4 aliphatic rings. The standard InChI is InChI=1S/C24H22N4.C24H20N4.C4H5N.C3H6O2.C2H4O2.C2H4O.Mn/c2*1-13-17-5-7-19(25-17)14(2)21-9-11-23(27-21)16(4)24-12-10-22(28-24)15(3)20-8-6-18(13)26-20;1-2-4-5-3-1;1-2-3(4)5;1-2(3)4;1-2-3;/h5-12,25-26H,1-4H3;5-12H,1-4H3;1-5H;2H2,1H3,(H,4,5);1H3,(H,3,4);2H,1H3;/q;-2;;;;;+2. The van der Waals surface area contributed by atoms with Crippen molar-refractivity contribution < 1.29 is 41.7 Å². The Morgan fingerprint density at radius 1 is 0.473 bits per heavy atom. The summed E-state index contributed by atoms with van der Waals surface area (Å²) in [7, 11) is 0. The summed E-state index contributed by atoms with van der Waals surface area (Å²) in [6.45, 7) is 20.9. The van der Waals surface area contributed by atoms with E-state index in [1.165, 1.54) is 12.5 Å². The van der Waals surface area contributed by atoms with E-state index in [4.69, 9.17) is 49.7 Å². The number of aromatic nitrogens is 9. The summed E-state index contributed by atoms with van der Waals surface area (Å²) in [6, 6.07) is 20.6. The number of rotatable bonds is 1. The number of H-pyrrole nitrogens is 3. The van der Waals surface area contributed by atoms with Crippen LogP contribution in [0.2, 0.25) is 0 Å². The smallest absolute Gasteiger partial charge is 0.657 e. The number of hydrogen-bond donors (Lipinski definition) is 5. The van der Waals surface area contributed by atoms with Crippen LogP contribution in [0.5, 0.6) is 0 Å². The molecule has 379 valence electrons. The Balaban J connectivity index is 0.000000207. The number of hydrogen-bond acceptors (Lipinski definition) is 7. The van der Waals surface area contributed by atoms with Crippen molar-refractivity contribution in [2.45, 2.75) is 82.6 Å². The van der Waals surface area contributed by atoms with Crippen molar-refractivity contribution >= 4 is 111 Å². The van der Waals surface area contributed by atoms with Crippen LogP contribution in [0.15, 0.2) is 73.1 Å². The molecule has 74 heavy (non-hydrogen) atoms. The zero-order valence-electron chi connectivity index (χ0n) is 43.5. The Bertz CT molecular complexity index is 3340. The zero-order valence-corrected chi connectivity index (χ0v) is 44.7. The first-order valence-corrected chi connectivity index (χ1v) is 23.8. The molecular formula is C59H61MnN9O5.